The van der Waals surface area contributed by atoms with Gasteiger partial charge in [-0.1, -0.05) is 22.9 Å². The van der Waals surface area contributed by atoms with Crippen LogP contribution in [0, 0.1) is 0 Å². The van der Waals surface area contributed by atoms with Crippen molar-refractivity contribution in [3.05, 3.63) is 17.3 Å². The molecule has 8 heteroatoms. The fourth-order valence-corrected chi connectivity index (χ4v) is 2.60. The Morgan fingerprint density at radius 2 is 2.00 bits per heavy atom. The van der Waals surface area contributed by atoms with Crippen LogP contribution in [0.1, 0.15) is 0 Å². The fraction of sp³-hybridized carbons (Fsp3) is 0.250. The van der Waals surface area contributed by atoms with Crippen LogP contribution in [-0.2, 0) is 0 Å². The van der Waals surface area contributed by atoms with E-state index in [0.717, 1.165) is 14.5 Å². The van der Waals surface area contributed by atoms with Gasteiger partial charge < -0.3 is 4.90 Å². The largest absolute Gasteiger partial charge is 0.353 e. The zero-order chi connectivity index (χ0) is 11.5. The van der Waals surface area contributed by atoms with E-state index in [-0.39, 0.29) is 0 Å². The molecule has 0 atom stereocenters. The van der Waals surface area contributed by atoms with Crippen LogP contribution >= 0.6 is 34.7 Å². The molecule has 0 radical (unpaired) electrons. The minimum atomic E-state index is 0.385. The third-order valence-electron chi connectivity index (χ3n) is 1.58. The van der Waals surface area contributed by atoms with Gasteiger partial charge >= 0.3 is 0 Å². The van der Waals surface area contributed by atoms with Crippen molar-refractivity contribution in [2.75, 3.05) is 19.0 Å². The zero-order valence-electron chi connectivity index (χ0n) is 8.59. The Morgan fingerprint density at radius 3 is 2.56 bits per heavy atom. The number of nitrogens with zero attached hydrogens (tertiary/aromatic N) is 5. The van der Waals surface area contributed by atoms with Crippen LogP contribution in [0.15, 0.2) is 21.5 Å². The van der Waals surface area contributed by atoms with Crippen LogP contribution in [0.5, 0.6) is 0 Å². The van der Waals surface area contributed by atoms with Gasteiger partial charge in [0.15, 0.2) is 9.49 Å². The average Bonchev–Trinajstić information content (AvgIpc) is 2.70. The van der Waals surface area contributed by atoms with E-state index in [1.807, 2.05) is 19.0 Å². The second-order valence-electron chi connectivity index (χ2n) is 3.04. The molecule has 2 rings (SSSR count). The van der Waals surface area contributed by atoms with Gasteiger partial charge in [0, 0.05) is 14.1 Å². The van der Waals surface area contributed by atoms with E-state index >= 15 is 0 Å². The number of hydrogen-bond donors (Lipinski definition) is 0. The molecule has 0 aromatic carbocycles. The van der Waals surface area contributed by atoms with Crippen molar-refractivity contribution >= 4 is 39.8 Å². The number of anilines is 1. The van der Waals surface area contributed by atoms with E-state index in [2.05, 4.69) is 20.4 Å². The Balaban J connectivity index is 2.11. The molecule has 0 saturated heterocycles. The van der Waals surface area contributed by atoms with E-state index < -0.39 is 0 Å². The monoisotopic (exact) mass is 273 g/mol. The third kappa shape index (κ3) is 2.81. The lowest BCUT2D eigenvalue weighted by atomic mass is 10.6. The summed E-state index contributed by atoms with van der Waals surface area (Å²) in [5.41, 5.74) is 0. The molecule has 0 unspecified atom stereocenters. The van der Waals surface area contributed by atoms with Gasteiger partial charge in [-0.2, -0.15) is 0 Å². The molecule has 0 bridgehead atoms. The molecule has 0 N–H and O–H groups in total. The predicted octanol–water partition coefficient (Wildman–Crippen LogP) is 2.20. The van der Waals surface area contributed by atoms with Crippen LogP contribution in [-0.4, -0.2) is 34.5 Å². The number of hydrogen-bond acceptors (Lipinski definition) is 7. The molecule has 0 aliphatic rings. The van der Waals surface area contributed by atoms with E-state index in [4.69, 9.17) is 11.6 Å². The molecule has 2 aromatic heterocycles. The molecule has 5 nitrogen and oxygen atoms in total. The molecule has 0 spiro atoms. The summed E-state index contributed by atoms with van der Waals surface area (Å²) in [6, 6.07) is 3.50. The first-order valence-electron chi connectivity index (χ1n) is 4.33. The summed E-state index contributed by atoms with van der Waals surface area (Å²) in [6.07, 6.45) is 0. The minimum Gasteiger partial charge on any atom is -0.353 e. The van der Waals surface area contributed by atoms with Gasteiger partial charge in [-0.3, -0.25) is 0 Å². The molecule has 2 aromatic rings. The van der Waals surface area contributed by atoms with Crippen molar-refractivity contribution in [2.45, 2.75) is 9.37 Å². The highest BCUT2D eigenvalue weighted by atomic mass is 35.5. The first kappa shape index (κ1) is 11.6. The second kappa shape index (κ2) is 4.94. The first-order valence-corrected chi connectivity index (χ1v) is 6.34. The first-order chi connectivity index (χ1) is 7.65. The molecular formula is C8H8ClN5S2. The minimum absolute atomic E-state index is 0.385. The van der Waals surface area contributed by atoms with Gasteiger partial charge in [-0.05, 0) is 23.9 Å². The summed E-state index contributed by atoms with van der Waals surface area (Å²) >= 11 is 8.57. The van der Waals surface area contributed by atoms with Crippen molar-refractivity contribution < 1.29 is 0 Å². The van der Waals surface area contributed by atoms with Crippen molar-refractivity contribution in [3.63, 3.8) is 0 Å². The molecule has 0 saturated carbocycles. The fourth-order valence-electron chi connectivity index (χ4n) is 0.872. The van der Waals surface area contributed by atoms with Gasteiger partial charge in [-0.15, -0.1) is 20.4 Å². The summed E-state index contributed by atoms with van der Waals surface area (Å²) in [5, 5.41) is 17.8. The van der Waals surface area contributed by atoms with E-state index in [0.29, 0.717) is 5.15 Å². The van der Waals surface area contributed by atoms with Gasteiger partial charge in [0.2, 0.25) is 5.13 Å². The Bertz CT molecular complexity index is 470. The lowest BCUT2D eigenvalue weighted by Gasteiger charge is -2.03. The highest BCUT2D eigenvalue weighted by Crippen LogP contribution is 2.31. The second-order valence-corrected chi connectivity index (χ2v) is 5.65. The van der Waals surface area contributed by atoms with Crippen molar-refractivity contribution in [2.24, 2.45) is 0 Å². The van der Waals surface area contributed by atoms with Crippen LogP contribution in [0.4, 0.5) is 5.13 Å². The van der Waals surface area contributed by atoms with Gasteiger partial charge in [0.05, 0.1) is 0 Å². The topological polar surface area (TPSA) is 54.8 Å². The SMILES string of the molecule is CN(C)c1nnc(Sc2ccc(Cl)nn2)s1. The van der Waals surface area contributed by atoms with E-state index in [1.54, 1.807) is 12.1 Å². The van der Waals surface area contributed by atoms with Gasteiger partial charge in [-0.25, -0.2) is 0 Å². The van der Waals surface area contributed by atoms with E-state index in [1.165, 1.54) is 23.1 Å². The lowest BCUT2D eigenvalue weighted by Crippen LogP contribution is -2.07. The van der Waals surface area contributed by atoms with Crippen molar-refractivity contribution in [3.8, 4) is 0 Å². The van der Waals surface area contributed by atoms with Crippen LogP contribution < -0.4 is 4.90 Å². The Labute approximate surface area is 106 Å². The molecule has 84 valence electrons. The highest BCUT2D eigenvalue weighted by Gasteiger charge is 2.08. The number of aromatic nitrogens is 4. The number of rotatable bonds is 3. The summed E-state index contributed by atoms with van der Waals surface area (Å²) in [4.78, 5) is 1.91. The Kier molecular flexibility index (Phi) is 3.57. The number of halogens is 1. The summed E-state index contributed by atoms with van der Waals surface area (Å²) in [5.74, 6) is 0. The molecular weight excluding hydrogens is 266 g/mol. The van der Waals surface area contributed by atoms with Crippen LogP contribution in [0.2, 0.25) is 5.15 Å². The normalized spacial score (nSPS) is 10.4. The molecule has 2 heterocycles. The lowest BCUT2D eigenvalue weighted by molar-refractivity contribution is 0.923. The predicted molar refractivity (Wildman–Crippen MR) is 65.4 cm³/mol. The zero-order valence-corrected chi connectivity index (χ0v) is 11.0. The van der Waals surface area contributed by atoms with Crippen LogP contribution in [0.3, 0.4) is 0 Å². The smallest absolute Gasteiger partial charge is 0.208 e. The van der Waals surface area contributed by atoms with Gasteiger partial charge in [0.1, 0.15) is 5.03 Å². The molecule has 0 aliphatic carbocycles. The quantitative estimate of drug-likeness (QED) is 0.855. The third-order valence-corrected chi connectivity index (χ3v) is 3.85. The maximum absolute atomic E-state index is 5.65. The maximum atomic E-state index is 5.65. The summed E-state index contributed by atoms with van der Waals surface area (Å²) in [6.45, 7) is 0. The maximum Gasteiger partial charge on any atom is 0.208 e. The van der Waals surface area contributed by atoms with Gasteiger partial charge in [0.25, 0.3) is 0 Å². The summed E-state index contributed by atoms with van der Waals surface area (Å²) < 4.78 is 0.834. The Hall–Kier alpha value is -0.920. The van der Waals surface area contributed by atoms with Crippen molar-refractivity contribution in [1.29, 1.82) is 0 Å². The highest BCUT2D eigenvalue weighted by molar-refractivity contribution is 8.01. The van der Waals surface area contributed by atoms with E-state index in [9.17, 15) is 0 Å². The Morgan fingerprint density at radius 1 is 1.19 bits per heavy atom. The molecule has 0 amide bonds. The van der Waals surface area contributed by atoms with Crippen molar-refractivity contribution in [1.82, 2.24) is 20.4 Å². The average molecular weight is 274 g/mol. The standard InChI is InChI=1S/C8H8ClN5S2/c1-14(2)7-12-13-8(16-7)15-6-4-3-5(9)10-11-6/h3-4H,1-2H3. The molecule has 0 aliphatic heterocycles. The van der Waals surface area contributed by atoms with Crippen LogP contribution in [0.25, 0.3) is 0 Å². The molecule has 16 heavy (non-hydrogen) atoms. The molecule has 0 fully saturated rings. The summed E-state index contributed by atoms with van der Waals surface area (Å²) in [7, 11) is 3.86.